The van der Waals surface area contributed by atoms with Crippen molar-refractivity contribution in [2.75, 3.05) is 4.90 Å². The van der Waals surface area contributed by atoms with Gasteiger partial charge in [0.15, 0.2) is 0 Å². The van der Waals surface area contributed by atoms with Gasteiger partial charge >= 0.3 is 0 Å². The molecule has 0 aliphatic carbocycles. The molecular formula is C25H20BrN. The first kappa shape index (κ1) is 17.6. The summed E-state index contributed by atoms with van der Waals surface area (Å²) >= 11 is 3.72. The van der Waals surface area contributed by atoms with Gasteiger partial charge in [-0.05, 0) is 60.5 Å². The van der Waals surface area contributed by atoms with Crippen molar-refractivity contribution in [2.24, 2.45) is 0 Å². The molecule has 0 bridgehead atoms. The molecule has 2 heteroatoms. The van der Waals surface area contributed by atoms with Crippen LogP contribution in [0.5, 0.6) is 0 Å². The maximum Gasteiger partial charge on any atom is 0.0479 e. The van der Waals surface area contributed by atoms with Crippen molar-refractivity contribution in [3.05, 3.63) is 113 Å². The molecule has 0 spiro atoms. The zero-order valence-electron chi connectivity index (χ0n) is 15.1. The Morgan fingerprint density at radius 2 is 1.19 bits per heavy atom. The molecule has 4 aromatic rings. The Kier molecular flexibility index (Phi) is 5.08. The van der Waals surface area contributed by atoms with Crippen LogP contribution < -0.4 is 4.90 Å². The Bertz CT molecular complexity index is 1000. The lowest BCUT2D eigenvalue weighted by Gasteiger charge is -2.26. The van der Waals surface area contributed by atoms with Crippen molar-refractivity contribution in [3.8, 4) is 11.1 Å². The first-order chi connectivity index (χ1) is 13.2. The third kappa shape index (κ3) is 3.96. The summed E-state index contributed by atoms with van der Waals surface area (Å²) in [6, 6.07) is 36.2. The number of nitrogens with zero attached hydrogens (tertiary/aromatic N) is 1. The van der Waals surface area contributed by atoms with Crippen LogP contribution in [0.4, 0.5) is 17.1 Å². The van der Waals surface area contributed by atoms with E-state index in [2.05, 4.69) is 119 Å². The lowest BCUT2D eigenvalue weighted by molar-refractivity contribution is 1.28. The van der Waals surface area contributed by atoms with Crippen LogP contribution in [-0.4, -0.2) is 0 Å². The van der Waals surface area contributed by atoms with Gasteiger partial charge in [-0.1, -0.05) is 82.2 Å². The highest BCUT2D eigenvalue weighted by atomic mass is 79.9. The molecule has 27 heavy (non-hydrogen) atoms. The summed E-state index contributed by atoms with van der Waals surface area (Å²) in [5, 5.41) is 0. The highest BCUT2D eigenvalue weighted by Crippen LogP contribution is 2.38. The molecule has 0 aliphatic heterocycles. The van der Waals surface area contributed by atoms with Gasteiger partial charge in [-0.3, -0.25) is 0 Å². The number of aryl methyl sites for hydroxylation is 1. The summed E-state index contributed by atoms with van der Waals surface area (Å²) in [5.74, 6) is 0. The fraction of sp³-hybridized carbons (Fsp3) is 0.0400. The van der Waals surface area contributed by atoms with E-state index >= 15 is 0 Å². The number of rotatable bonds is 4. The SMILES string of the molecule is Cc1cccc(-c2cc(Br)cc(N(c3ccccc3)c3ccccc3)c2)c1. The molecule has 0 atom stereocenters. The average Bonchev–Trinajstić information content (AvgIpc) is 2.69. The molecule has 1 nitrogen and oxygen atoms in total. The quantitative estimate of drug-likeness (QED) is 0.328. The lowest BCUT2D eigenvalue weighted by atomic mass is 10.0. The van der Waals surface area contributed by atoms with Gasteiger partial charge in [0.25, 0.3) is 0 Å². The molecule has 0 heterocycles. The molecule has 0 saturated carbocycles. The average molecular weight is 414 g/mol. The van der Waals surface area contributed by atoms with E-state index in [1.54, 1.807) is 0 Å². The van der Waals surface area contributed by atoms with E-state index in [9.17, 15) is 0 Å². The Labute approximate surface area is 169 Å². The maximum atomic E-state index is 3.72. The molecule has 0 amide bonds. The normalized spacial score (nSPS) is 10.6. The van der Waals surface area contributed by atoms with Crippen molar-refractivity contribution in [1.29, 1.82) is 0 Å². The largest absolute Gasteiger partial charge is 0.310 e. The number of benzene rings is 4. The number of anilines is 3. The summed E-state index contributed by atoms with van der Waals surface area (Å²) in [4.78, 5) is 2.28. The molecule has 0 fully saturated rings. The summed E-state index contributed by atoms with van der Waals surface area (Å²) in [6.45, 7) is 2.13. The predicted octanol–water partition coefficient (Wildman–Crippen LogP) is 7.89. The molecule has 0 aromatic heterocycles. The standard InChI is InChI=1S/C25H20BrN/c1-19-9-8-10-20(15-19)21-16-22(26)18-25(17-21)27(23-11-4-2-5-12-23)24-13-6-3-7-14-24/h2-18H,1H3. The highest BCUT2D eigenvalue weighted by Gasteiger charge is 2.14. The van der Waals surface area contributed by atoms with Crippen molar-refractivity contribution in [2.45, 2.75) is 6.92 Å². The van der Waals surface area contributed by atoms with Crippen LogP contribution in [0.1, 0.15) is 5.56 Å². The molecule has 0 N–H and O–H groups in total. The Morgan fingerprint density at radius 3 is 1.78 bits per heavy atom. The summed E-state index contributed by atoms with van der Waals surface area (Å²) < 4.78 is 1.06. The van der Waals surface area contributed by atoms with Crippen molar-refractivity contribution < 1.29 is 0 Å². The topological polar surface area (TPSA) is 3.24 Å². The van der Waals surface area contributed by atoms with Gasteiger partial charge in [-0.2, -0.15) is 0 Å². The van der Waals surface area contributed by atoms with Gasteiger partial charge in [0, 0.05) is 21.5 Å². The van der Waals surface area contributed by atoms with Crippen LogP contribution in [0.2, 0.25) is 0 Å². The number of halogens is 1. The molecule has 0 radical (unpaired) electrons. The Balaban J connectivity index is 1.88. The zero-order valence-corrected chi connectivity index (χ0v) is 16.7. The van der Waals surface area contributed by atoms with Gasteiger partial charge in [0.1, 0.15) is 0 Å². The summed E-state index contributed by atoms with van der Waals surface area (Å²) in [7, 11) is 0. The molecule has 4 aromatic carbocycles. The van der Waals surface area contributed by atoms with E-state index in [-0.39, 0.29) is 0 Å². The van der Waals surface area contributed by atoms with E-state index in [0.29, 0.717) is 0 Å². The van der Waals surface area contributed by atoms with Crippen LogP contribution in [0.25, 0.3) is 11.1 Å². The Morgan fingerprint density at radius 1 is 0.556 bits per heavy atom. The van der Waals surface area contributed by atoms with Gasteiger partial charge in [-0.25, -0.2) is 0 Å². The fourth-order valence-electron chi connectivity index (χ4n) is 3.30. The first-order valence-corrected chi connectivity index (χ1v) is 9.78. The van der Waals surface area contributed by atoms with Gasteiger partial charge < -0.3 is 4.90 Å². The van der Waals surface area contributed by atoms with E-state index in [1.165, 1.54) is 16.7 Å². The van der Waals surface area contributed by atoms with Crippen LogP contribution in [0, 0.1) is 6.92 Å². The molecule has 4 rings (SSSR count). The van der Waals surface area contributed by atoms with E-state index in [0.717, 1.165) is 21.5 Å². The van der Waals surface area contributed by atoms with Gasteiger partial charge in [0.05, 0.1) is 0 Å². The third-order valence-electron chi connectivity index (χ3n) is 4.52. The smallest absolute Gasteiger partial charge is 0.0479 e. The number of hydrogen-bond donors (Lipinski definition) is 0. The van der Waals surface area contributed by atoms with E-state index < -0.39 is 0 Å². The van der Waals surface area contributed by atoms with Crippen LogP contribution in [-0.2, 0) is 0 Å². The Hall–Kier alpha value is -2.84. The second-order valence-corrected chi connectivity index (χ2v) is 7.49. The predicted molar refractivity (Wildman–Crippen MR) is 119 cm³/mol. The molecule has 0 unspecified atom stereocenters. The minimum Gasteiger partial charge on any atom is -0.310 e. The minimum absolute atomic E-state index is 1.06. The second-order valence-electron chi connectivity index (χ2n) is 6.57. The van der Waals surface area contributed by atoms with Gasteiger partial charge in [0.2, 0.25) is 0 Å². The first-order valence-electron chi connectivity index (χ1n) is 8.98. The van der Waals surface area contributed by atoms with Crippen LogP contribution in [0.3, 0.4) is 0 Å². The molecule has 0 aliphatic rings. The van der Waals surface area contributed by atoms with E-state index in [4.69, 9.17) is 0 Å². The van der Waals surface area contributed by atoms with Gasteiger partial charge in [-0.15, -0.1) is 0 Å². The summed E-state index contributed by atoms with van der Waals surface area (Å²) in [5.41, 5.74) is 7.07. The highest BCUT2D eigenvalue weighted by molar-refractivity contribution is 9.10. The monoisotopic (exact) mass is 413 g/mol. The van der Waals surface area contributed by atoms with Crippen molar-refractivity contribution in [1.82, 2.24) is 0 Å². The minimum atomic E-state index is 1.06. The van der Waals surface area contributed by atoms with Crippen molar-refractivity contribution >= 4 is 33.0 Å². The van der Waals surface area contributed by atoms with Crippen LogP contribution >= 0.6 is 15.9 Å². The van der Waals surface area contributed by atoms with E-state index in [1.807, 2.05) is 12.1 Å². The number of para-hydroxylation sites is 2. The molecule has 0 saturated heterocycles. The molecule has 132 valence electrons. The molecular weight excluding hydrogens is 394 g/mol. The number of hydrogen-bond acceptors (Lipinski definition) is 1. The third-order valence-corrected chi connectivity index (χ3v) is 4.98. The van der Waals surface area contributed by atoms with Crippen molar-refractivity contribution in [3.63, 3.8) is 0 Å². The summed E-state index contributed by atoms with van der Waals surface area (Å²) in [6.07, 6.45) is 0. The maximum absolute atomic E-state index is 3.72. The zero-order chi connectivity index (χ0) is 18.6. The second kappa shape index (κ2) is 7.81. The van der Waals surface area contributed by atoms with Crippen LogP contribution in [0.15, 0.2) is 108 Å². The lowest BCUT2D eigenvalue weighted by Crippen LogP contribution is -2.09. The fourth-order valence-corrected chi connectivity index (χ4v) is 3.78.